The van der Waals surface area contributed by atoms with Crippen LogP contribution in [0.5, 0.6) is 0 Å². The van der Waals surface area contributed by atoms with Gasteiger partial charge in [-0.25, -0.2) is 0 Å². The molecule has 6 nitrogen and oxygen atoms in total. The molecule has 0 spiro atoms. The topological polar surface area (TPSA) is 78.9 Å². The highest BCUT2D eigenvalue weighted by Crippen LogP contribution is 2.12. The lowest BCUT2D eigenvalue weighted by Crippen LogP contribution is -2.30. The fraction of sp³-hybridized carbons (Fsp3) is 0.642. The average molecular weight is 819 g/mol. The number of unbranched alkanes of at least 4 members (excludes halogenated alkanes) is 19. The van der Waals surface area contributed by atoms with E-state index in [1.165, 1.54) is 57.8 Å². The van der Waals surface area contributed by atoms with E-state index in [9.17, 15) is 14.4 Å². The third-order valence-corrected chi connectivity index (χ3v) is 9.70. The van der Waals surface area contributed by atoms with Crippen LogP contribution >= 0.6 is 0 Å². The largest absolute Gasteiger partial charge is 0.462 e. The Kier molecular flexibility index (Phi) is 44.1. The SMILES string of the molecule is CC\C=C/C=C\C=C/C=C\C=C/CCCCCC(=O)OC(COC(=O)CCCCC/C=C\C=C/CCCCCCCCC)COC(=O)CCCCCC/C=C\CCCC. The summed E-state index contributed by atoms with van der Waals surface area (Å²) < 4.78 is 16.7. The summed E-state index contributed by atoms with van der Waals surface area (Å²) in [5, 5.41) is 0. The molecule has 0 aromatic carbocycles. The summed E-state index contributed by atoms with van der Waals surface area (Å²) in [6.07, 6.45) is 61.1. The molecule has 334 valence electrons. The summed E-state index contributed by atoms with van der Waals surface area (Å²) in [6, 6.07) is 0. The Morgan fingerprint density at radius 3 is 1.17 bits per heavy atom. The van der Waals surface area contributed by atoms with Crippen LogP contribution in [0.2, 0.25) is 0 Å². The molecule has 0 N–H and O–H groups in total. The second-order valence-corrected chi connectivity index (χ2v) is 15.4. The normalized spacial score (nSPS) is 12.9. The summed E-state index contributed by atoms with van der Waals surface area (Å²) in [7, 11) is 0. The van der Waals surface area contributed by atoms with Crippen molar-refractivity contribution < 1.29 is 28.6 Å². The highest BCUT2D eigenvalue weighted by molar-refractivity contribution is 5.71. The zero-order chi connectivity index (χ0) is 43.0. The molecule has 0 aliphatic heterocycles. The van der Waals surface area contributed by atoms with E-state index in [-0.39, 0.29) is 37.5 Å². The summed E-state index contributed by atoms with van der Waals surface area (Å²) in [5.41, 5.74) is 0. The first-order chi connectivity index (χ1) is 29.0. The summed E-state index contributed by atoms with van der Waals surface area (Å²) in [5.74, 6) is -1.00. The van der Waals surface area contributed by atoms with Gasteiger partial charge in [0, 0.05) is 19.3 Å². The lowest BCUT2D eigenvalue weighted by Gasteiger charge is -2.18. The van der Waals surface area contributed by atoms with Crippen LogP contribution < -0.4 is 0 Å². The third-order valence-electron chi connectivity index (χ3n) is 9.70. The average Bonchev–Trinajstić information content (AvgIpc) is 3.23. The first-order valence-corrected chi connectivity index (χ1v) is 23.8. The maximum Gasteiger partial charge on any atom is 0.306 e. The molecule has 0 bridgehead atoms. The summed E-state index contributed by atoms with van der Waals surface area (Å²) in [6.45, 7) is 6.35. The number of allylic oxidation sites excluding steroid dienone is 16. The van der Waals surface area contributed by atoms with Gasteiger partial charge in [0.15, 0.2) is 6.10 Å². The van der Waals surface area contributed by atoms with Crippen molar-refractivity contribution in [3.05, 3.63) is 97.2 Å². The fourth-order valence-electron chi connectivity index (χ4n) is 6.08. The minimum Gasteiger partial charge on any atom is -0.462 e. The van der Waals surface area contributed by atoms with Crippen molar-refractivity contribution in [3.63, 3.8) is 0 Å². The number of carbonyl (C=O) groups is 3. The van der Waals surface area contributed by atoms with Crippen LogP contribution in [0.4, 0.5) is 0 Å². The minimum atomic E-state index is -0.814. The van der Waals surface area contributed by atoms with E-state index in [0.717, 1.165) is 96.3 Å². The Hall–Kier alpha value is -3.67. The van der Waals surface area contributed by atoms with Crippen LogP contribution in [0.1, 0.15) is 201 Å². The fourth-order valence-corrected chi connectivity index (χ4v) is 6.08. The number of hydrogen-bond acceptors (Lipinski definition) is 6. The molecule has 0 amide bonds. The van der Waals surface area contributed by atoms with Crippen molar-refractivity contribution in [3.8, 4) is 0 Å². The van der Waals surface area contributed by atoms with E-state index in [1.807, 2.05) is 48.6 Å². The monoisotopic (exact) mass is 819 g/mol. The minimum absolute atomic E-state index is 0.111. The molecule has 0 saturated carbocycles. The molecule has 0 heterocycles. The molecule has 1 atom stereocenters. The van der Waals surface area contributed by atoms with Crippen molar-refractivity contribution in [2.45, 2.75) is 207 Å². The van der Waals surface area contributed by atoms with Gasteiger partial charge in [0.1, 0.15) is 13.2 Å². The molecule has 1 unspecified atom stereocenters. The highest BCUT2D eigenvalue weighted by Gasteiger charge is 2.19. The summed E-state index contributed by atoms with van der Waals surface area (Å²) in [4.78, 5) is 37.8. The van der Waals surface area contributed by atoms with E-state index in [4.69, 9.17) is 14.2 Å². The molecule has 0 aliphatic carbocycles. The Labute approximate surface area is 362 Å². The van der Waals surface area contributed by atoms with Crippen LogP contribution in [-0.2, 0) is 28.6 Å². The van der Waals surface area contributed by atoms with Gasteiger partial charge in [-0.3, -0.25) is 14.4 Å². The Morgan fingerprint density at radius 2 is 0.695 bits per heavy atom. The predicted octanol–water partition coefficient (Wildman–Crippen LogP) is 15.4. The number of ether oxygens (including phenoxy) is 3. The highest BCUT2D eigenvalue weighted by atomic mass is 16.6. The third kappa shape index (κ3) is 45.3. The van der Waals surface area contributed by atoms with E-state index in [2.05, 4.69) is 69.4 Å². The first-order valence-electron chi connectivity index (χ1n) is 23.8. The Balaban J connectivity index is 4.52. The lowest BCUT2D eigenvalue weighted by atomic mass is 10.1. The molecule has 0 aromatic heterocycles. The molecule has 0 radical (unpaired) electrons. The number of esters is 3. The van der Waals surface area contributed by atoms with Gasteiger partial charge in [0.25, 0.3) is 0 Å². The molecule has 0 rings (SSSR count). The smallest absolute Gasteiger partial charge is 0.306 e. The molecular formula is C53H86O6. The van der Waals surface area contributed by atoms with Gasteiger partial charge in [-0.1, -0.05) is 195 Å². The second-order valence-electron chi connectivity index (χ2n) is 15.4. The van der Waals surface area contributed by atoms with Crippen LogP contribution in [0.25, 0.3) is 0 Å². The van der Waals surface area contributed by atoms with Crippen molar-refractivity contribution in [2.24, 2.45) is 0 Å². The van der Waals surface area contributed by atoms with Gasteiger partial charge in [-0.05, 0) is 83.5 Å². The standard InChI is InChI=1S/C53H86O6/c1-4-7-10-13-16-19-22-24-26-28-29-31-34-37-40-43-46-52(55)58-49-50(48-57-51(54)45-42-39-36-33-21-18-15-12-9-6-3)59-53(56)47-44-41-38-35-32-30-27-25-23-20-17-14-11-8-5-2/h8,11,14-15,17-18,20,23,25-32,50H,4-7,9-10,12-13,16,19,21-22,24,33-49H2,1-3H3/b11-8-,17-14-,18-15-,23-20-,27-25-,28-26-,31-29-,32-30-. The molecule has 0 fully saturated rings. The van der Waals surface area contributed by atoms with Crippen molar-refractivity contribution in [2.75, 3.05) is 13.2 Å². The number of carbonyl (C=O) groups excluding carboxylic acids is 3. The van der Waals surface area contributed by atoms with Crippen LogP contribution in [0, 0.1) is 0 Å². The van der Waals surface area contributed by atoms with Gasteiger partial charge in [-0.2, -0.15) is 0 Å². The van der Waals surface area contributed by atoms with Crippen molar-refractivity contribution >= 4 is 17.9 Å². The van der Waals surface area contributed by atoms with Gasteiger partial charge >= 0.3 is 17.9 Å². The number of rotatable bonds is 41. The Bertz CT molecular complexity index is 1220. The molecule has 6 heteroatoms. The quantitative estimate of drug-likeness (QED) is 0.0201. The van der Waals surface area contributed by atoms with Gasteiger partial charge < -0.3 is 14.2 Å². The van der Waals surface area contributed by atoms with Crippen molar-refractivity contribution in [1.82, 2.24) is 0 Å². The Morgan fingerprint density at radius 1 is 0.356 bits per heavy atom. The maximum atomic E-state index is 12.7. The van der Waals surface area contributed by atoms with E-state index in [0.29, 0.717) is 19.3 Å². The molecule has 0 aliphatic rings. The second kappa shape index (κ2) is 47.0. The van der Waals surface area contributed by atoms with Crippen molar-refractivity contribution in [1.29, 1.82) is 0 Å². The van der Waals surface area contributed by atoms with Gasteiger partial charge in [0.05, 0.1) is 0 Å². The van der Waals surface area contributed by atoms with Crippen LogP contribution in [-0.4, -0.2) is 37.2 Å². The van der Waals surface area contributed by atoms with E-state index in [1.54, 1.807) is 0 Å². The van der Waals surface area contributed by atoms with Crippen LogP contribution in [0.3, 0.4) is 0 Å². The zero-order valence-corrected chi connectivity index (χ0v) is 38.0. The molecular weight excluding hydrogens is 733 g/mol. The van der Waals surface area contributed by atoms with Gasteiger partial charge in [-0.15, -0.1) is 0 Å². The number of hydrogen-bond donors (Lipinski definition) is 0. The summed E-state index contributed by atoms with van der Waals surface area (Å²) >= 11 is 0. The van der Waals surface area contributed by atoms with E-state index < -0.39 is 6.10 Å². The lowest BCUT2D eigenvalue weighted by molar-refractivity contribution is -0.167. The predicted molar refractivity (Wildman–Crippen MR) is 251 cm³/mol. The molecule has 0 aromatic rings. The van der Waals surface area contributed by atoms with Gasteiger partial charge in [0.2, 0.25) is 0 Å². The molecule has 0 saturated heterocycles. The van der Waals surface area contributed by atoms with E-state index >= 15 is 0 Å². The zero-order valence-electron chi connectivity index (χ0n) is 38.0. The maximum absolute atomic E-state index is 12.7. The van der Waals surface area contributed by atoms with Crippen LogP contribution in [0.15, 0.2) is 97.2 Å². The molecule has 59 heavy (non-hydrogen) atoms. The first kappa shape index (κ1) is 55.3.